The molecule has 0 saturated carbocycles. The number of rotatable bonds is 5. The van der Waals surface area contributed by atoms with Gasteiger partial charge in [0.25, 0.3) is 0 Å². The van der Waals surface area contributed by atoms with Crippen LogP contribution in [0.5, 0.6) is 0 Å². The van der Waals surface area contributed by atoms with Gasteiger partial charge in [-0.3, -0.25) is 4.90 Å². The van der Waals surface area contributed by atoms with Crippen molar-refractivity contribution in [3.63, 3.8) is 0 Å². The molecule has 128 valence electrons. The second-order valence-electron chi connectivity index (χ2n) is 5.62. The van der Waals surface area contributed by atoms with Gasteiger partial charge in [-0.1, -0.05) is 23.7 Å². The van der Waals surface area contributed by atoms with Crippen molar-refractivity contribution >= 4 is 17.6 Å². The maximum atomic E-state index is 11.9. The molecule has 6 heteroatoms. The van der Waals surface area contributed by atoms with Crippen molar-refractivity contribution in [1.29, 1.82) is 0 Å². The molecule has 1 fully saturated rings. The maximum absolute atomic E-state index is 11.9. The van der Waals surface area contributed by atoms with Gasteiger partial charge < -0.3 is 13.9 Å². The third-order valence-electron chi connectivity index (χ3n) is 4.00. The van der Waals surface area contributed by atoms with E-state index in [4.69, 9.17) is 25.5 Å². The third-order valence-corrected chi connectivity index (χ3v) is 4.25. The Balaban J connectivity index is 1.67. The highest BCUT2D eigenvalue weighted by atomic mass is 35.5. The SMILES string of the molecule is CCOC(=O)c1ccoc1CN1CCO[C@H](c2ccc(Cl)cc2)C1. The molecule has 0 spiro atoms. The highest BCUT2D eigenvalue weighted by molar-refractivity contribution is 6.30. The fourth-order valence-electron chi connectivity index (χ4n) is 2.78. The second kappa shape index (κ2) is 7.83. The van der Waals surface area contributed by atoms with Crippen molar-refractivity contribution in [2.75, 3.05) is 26.3 Å². The fraction of sp³-hybridized carbons (Fsp3) is 0.389. The summed E-state index contributed by atoms with van der Waals surface area (Å²) in [7, 11) is 0. The quantitative estimate of drug-likeness (QED) is 0.771. The van der Waals surface area contributed by atoms with Gasteiger partial charge in [0.15, 0.2) is 0 Å². The van der Waals surface area contributed by atoms with Crippen LogP contribution in [0.4, 0.5) is 0 Å². The molecular formula is C18H20ClNO4. The van der Waals surface area contributed by atoms with Crippen LogP contribution in [0, 0.1) is 0 Å². The highest BCUT2D eigenvalue weighted by Crippen LogP contribution is 2.25. The van der Waals surface area contributed by atoms with E-state index in [1.807, 2.05) is 24.3 Å². The first-order valence-corrected chi connectivity index (χ1v) is 8.38. The zero-order valence-corrected chi connectivity index (χ0v) is 14.3. The molecule has 1 aliphatic heterocycles. The Morgan fingerprint density at radius 3 is 2.88 bits per heavy atom. The van der Waals surface area contributed by atoms with E-state index < -0.39 is 0 Å². The highest BCUT2D eigenvalue weighted by Gasteiger charge is 2.25. The first-order chi connectivity index (χ1) is 11.7. The summed E-state index contributed by atoms with van der Waals surface area (Å²) in [6.45, 7) is 4.82. The Morgan fingerprint density at radius 2 is 2.12 bits per heavy atom. The minimum absolute atomic E-state index is 0.0166. The largest absolute Gasteiger partial charge is 0.467 e. The van der Waals surface area contributed by atoms with E-state index in [2.05, 4.69) is 4.90 Å². The fourth-order valence-corrected chi connectivity index (χ4v) is 2.91. The number of esters is 1. The van der Waals surface area contributed by atoms with E-state index in [1.54, 1.807) is 13.0 Å². The number of furan rings is 1. The topological polar surface area (TPSA) is 51.9 Å². The lowest BCUT2D eigenvalue weighted by molar-refractivity contribution is -0.0348. The Bertz CT molecular complexity index is 683. The number of nitrogens with zero attached hydrogens (tertiary/aromatic N) is 1. The third kappa shape index (κ3) is 3.98. The van der Waals surface area contributed by atoms with Crippen LogP contribution in [0.15, 0.2) is 41.0 Å². The van der Waals surface area contributed by atoms with Gasteiger partial charge in [-0.15, -0.1) is 0 Å². The van der Waals surface area contributed by atoms with Crippen LogP contribution in [0.25, 0.3) is 0 Å². The number of morpholine rings is 1. The number of benzene rings is 1. The number of halogens is 1. The molecule has 1 aliphatic rings. The molecule has 1 aromatic carbocycles. The first-order valence-electron chi connectivity index (χ1n) is 8.00. The molecule has 0 radical (unpaired) electrons. The van der Waals surface area contributed by atoms with Crippen LogP contribution in [0.1, 0.15) is 34.7 Å². The Kier molecular flexibility index (Phi) is 5.56. The minimum atomic E-state index is -0.344. The summed E-state index contributed by atoms with van der Waals surface area (Å²) in [6.07, 6.45) is 1.51. The summed E-state index contributed by atoms with van der Waals surface area (Å²) < 4.78 is 16.4. The number of carbonyl (C=O) groups excluding carboxylic acids is 1. The molecule has 5 nitrogen and oxygen atoms in total. The van der Waals surface area contributed by atoms with Gasteiger partial charge in [-0.25, -0.2) is 4.79 Å². The molecule has 3 rings (SSSR count). The van der Waals surface area contributed by atoms with Crippen LogP contribution in [0.2, 0.25) is 5.02 Å². The molecule has 2 aromatic rings. The summed E-state index contributed by atoms with van der Waals surface area (Å²) in [5.74, 6) is 0.286. The van der Waals surface area contributed by atoms with Crippen LogP contribution < -0.4 is 0 Å². The van der Waals surface area contributed by atoms with E-state index >= 15 is 0 Å². The first kappa shape index (κ1) is 17.0. The zero-order valence-electron chi connectivity index (χ0n) is 13.5. The monoisotopic (exact) mass is 349 g/mol. The average Bonchev–Trinajstić information content (AvgIpc) is 3.04. The normalized spacial score (nSPS) is 18.5. The molecule has 24 heavy (non-hydrogen) atoms. The lowest BCUT2D eigenvalue weighted by atomic mass is 10.1. The standard InChI is InChI=1S/C18H20ClNO4/c1-2-22-18(21)15-7-9-23-17(15)12-20-8-10-24-16(11-20)13-3-5-14(19)6-4-13/h3-7,9,16H,2,8,10-12H2,1H3/t16-/m0/s1. The summed E-state index contributed by atoms with van der Waals surface area (Å²) in [4.78, 5) is 14.2. The molecule has 0 aliphatic carbocycles. The lowest BCUT2D eigenvalue weighted by Gasteiger charge is -2.32. The molecule has 0 N–H and O–H groups in total. The van der Waals surface area contributed by atoms with Gasteiger partial charge in [0.2, 0.25) is 0 Å². The van der Waals surface area contributed by atoms with Crippen molar-refractivity contribution in [2.24, 2.45) is 0 Å². The number of ether oxygens (including phenoxy) is 2. The van der Waals surface area contributed by atoms with Crippen molar-refractivity contribution in [3.8, 4) is 0 Å². The molecular weight excluding hydrogens is 330 g/mol. The van der Waals surface area contributed by atoms with E-state index in [9.17, 15) is 4.79 Å². The maximum Gasteiger partial charge on any atom is 0.341 e. The van der Waals surface area contributed by atoms with Gasteiger partial charge in [0, 0.05) is 18.1 Å². The van der Waals surface area contributed by atoms with Crippen molar-refractivity contribution < 1.29 is 18.7 Å². The van der Waals surface area contributed by atoms with Crippen LogP contribution in [-0.4, -0.2) is 37.2 Å². The summed E-state index contributed by atoms with van der Waals surface area (Å²) in [5, 5.41) is 0.709. The van der Waals surface area contributed by atoms with E-state index in [-0.39, 0.29) is 12.1 Å². The lowest BCUT2D eigenvalue weighted by Crippen LogP contribution is -2.38. The smallest absolute Gasteiger partial charge is 0.341 e. The number of hydrogen-bond donors (Lipinski definition) is 0. The summed E-state index contributed by atoms with van der Waals surface area (Å²) in [6, 6.07) is 9.35. The predicted octanol–water partition coefficient (Wildman–Crippen LogP) is 3.68. The van der Waals surface area contributed by atoms with Crippen molar-refractivity contribution in [2.45, 2.75) is 19.6 Å². The second-order valence-corrected chi connectivity index (χ2v) is 6.06. The van der Waals surface area contributed by atoms with Crippen molar-refractivity contribution in [1.82, 2.24) is 4.90 Å². The predicted molar refractivity (Wildman–Crippen MR) is 90.1 cm³/mol. The molecule has 0 unspecified atom stereocenters. The minimum Gasteiger partial charge on any atom is -0.467 e. The summed E-state index contributed by atoms with van der Waals surface area (Å²) >= 11 is 5.94. The Morgan fingerprint density at radius 1 is 1.33 bits per heavy atom. The number of carbonyl (C=O) groups is 1. The average molecular weight is 350 g/mol. The summed E-state index contributed by atoms with van der Waals surface area (Å²) in [5.41, 5.74) is 1.58. The van der Waals surface area contributed by atoms with Gasteiger partial charge >= 0.3 is 5.97 Å². The molecule has 0 bridgehead atoms. The van der Waals surface area contributed by atoms with Crippen molar-refractivity contribution in [3.05, 3.63) is 58.5 Å². The molecule has 1 atom stereocenters. The zero-order chi connectivity index (χ0) is 16.9. The molecule has 1 aromatic heterocycles. The van der Waals surface area contributed by atoms with Gasteiger partial charge in [0.1, 0.15) is 11.3 Å². The van der Waals surface area contributed by atoms with E-state index in [0.717, 1.165) is 18.7 Å². The van der Waals surface area contributed by atoms with Crippen LogP contribution in [0.3, 0.4) is 0 Å². The van der Waals surface area contributed by atoms with Gasteiger partial charge in [-0.05, 0) is 30.7 Å². The molecule has 1 saturated heterocycles. The molecule has 2 heterocycles. The van der Waals surface area contributed by atoms with E-state index in [0.29, 0.717) is 36.1 Å². The molecule has 0 amide bonds. The van der Waals surface area contributed by atoms with E-state index in [1.165, 1.54) is 6.26 Å². The van der Waals surface area contributed by atoms with Gasteiger partial charge in [-0.2, -0.15) is 0 Å². The number of hydrogen-bond acceptors (Lipinski definition) is 5. The van der Waals surface area contributed by atoms with Crippen LogP contribution in [-0.2, 0) is 16.0 Å². The van der Waals surface area contributed by atoms with Gasteiger partial charge in [0.05, 0.1) is 32.1 Å². The Hall–Kier alpha value is -1.82. The Labute approximate surface area is 146 Å². The van der Waals surface area contributed by atoms with Crippen LogP contribution >= 0.6 is 11.6 Å².